The summed E-state index contributed by atoms with van der Waals surface area (Å²) in [6, 6.07) is -0.202. The van der Waals surface area contributed by atoms with Crippen LogP contribution in [0.5, 0.6) is 0 Å². The van der Waals surface area contributed by atoms with E-state index in [1.54, 1.807) is 14.0 Å². The van der Waals surface area contributed by atoms with Crippen molar-refractivity contribution in [3.05, 3.63) is 0 Å². The fraction of sp³-hybridized carbons (Fsp3) is 1.00. The van der Waals surface area contributed by atoms with Crippen molar-refractivity contribution in [2.45, 2.75) is 51.8 Å². The summed E-state index contributed by atoms with van der Waals surface area (Å²) in [4.78, 5) is 0. The van der Waals surface area contributed by atoms with Gasteiger partial charge in [0.1, 0.15) is 0 Å². The van der Waals surface area contributed by atoms with Crippen molar-refractivity contribution in [2.75, 3.05) is 20.6 Å². The second-order valence-corrected chi connectivity index (χ2v) is 7.84. The Balaban J connectivity index is 4.92. The molecule has 0 saturated carbocycles. The summed E-state index contributed by atoms with van der Waals surface area (Å²) in [7, 11) is 1.79. The third-order valence-corrected chi connectivity index (χ3v) is 6.39. The Morgan fingerprint density at radius 2 is 1.84 bits per heavy atom. The van der Waals surface area contributed by atoms with Crippen molar-refractivity contribution in [1.82, 2.24) is 13.7 Å². The first-order valence-electron chi connectivity index (χ1n) is 6.35. The number of likely N-dealkylation sites (N-methyl/N-ethyl adjacent to an activating group) is 1. The van der Waals surface area contributed by atoms with Crippen molar-refractivity contribution in [1.29, 1.82) is 0 Å². The second kappa shape index (κ2) is 7.29. The molecule has 0 radical (unpaired) electrons. The molecule has 0 fully saturated rings. The summed E-state index contributed by atoms with van der Waals surface area (Å²) in [6.45, 7) is 7.54. The van der Waals surface area contributed by atoms with Crippen LogP contribution in [0.3, 0.4) is 0 Å². The van der Waals surface area contributed by atoms with E-state index in [0.717, 1.165) is 0 Å². The first-order chi connectivity index (χ1) is 8.50. The Kier molecular flexibility index (Phi) is 7.38. The first-order valence-corrected chi connectivity index (χ1v) is 8.32. The summed E-state index contributed by atoms with van der Waals surface area (Å²) in [5.41, 5.74) is -0.456. The summed E-state index contributed by atoms with van der Waals surface area (Å²) < 4.78 is 27.3. The van der Waals surface area contributed by atoms with Crippen LogP contribution in [0.2, 0.25) is 0 Å². The van der Waals surface area contributed by atoms with Crippen LogP contribution in [0.4, 0.5) is 0 Å². The van der Waals surface area contributed by atoms with Gasteiger partial charge in [-0.25, -0.2) is 0 Å². The van der Waals surface area contributed by atoms with E-state index in [0.29, 0.717) is 6.42 Å². The van der Waals surface area contributed by atoms with E-state index >= 15 is 0 Å². The summed E-state index contributed by atoms with van der Waals surface area (Å²) in [5.74, 6) is 0. The van der Waals surface area contributed by atoms with Crippen molar-refractivity contribution >= 4 is 19.6 Å². The van der Waals surface area contributed by atoms with Gasteiger partial charge in [0.15, 0.2) is 0 Å². The molecule has 0 bridgehead atoms. The maximum atomic E-state index is 12.4. The predicted octanol–water partition coefficient (Wildman–Crippen LogP) is 0.412. The predicted molar refractivity (Wildman–Crippen MR) is 82.0 cm³/mol. The van der Waals surface area contributed by atoms with Gasteiger partial charge in [0.25, 0.3) is 10.2 Å². The maximum absolute atomic E-state index is 12.4. The Morgan fingerprint density at radius 3 is 2.21 bits per heavy atom. The standard InChI is InChI=1S/C11H28N3O3PS/c1-7-11(3,4)14(6)19(16,17)13(5)8-10(15)9(2)12-18/h9-10,12,15H,7-8,18H2,1-6H3/t9-,10+/m0/s1. The third-order valence-electron chi connectivity index (χ3n) is 3.74. The highest BCUT2D eigenvalue weighted by atomic mass is 32.2. The van der Waals surface area contributed by atoms with Crippen LogP contribution in [0.15, 0.2) is 0 Å². The molecule has 0 amide bonds. The Labute approximate surface area is 120 Å². The van der Waals surface area contributed by atoms with Crippen molar-refractivity contribution in [3.8, 4) is 0 Å². The summed E-state index contributed by atoms with van der Waals surface area (Å²) in [5, 5.41) is 12.7. The van der Waals surface area contributed by atoms with Crippen molar-refractivity contribution in [3.63, 3.8) is 0 Å². The second-order valence-electron chi connectivity index (χ2n) is 5.44. The van der Waals surface area contributed by atoms with Crippen LogP contribution in [0.25, 0.3) is 0 Å². The highest BCUT2D eigenvalue weighted by molar-refractivity contribution is 7.86. The lowest BCUT2D eigenvalue weighted by Gasteiger charge is -2.37. The smallest absolute Gasteiger partial charge is 0.282 e. The van der Waals surface area contributed by atoms with Crippen LogP contribution in [0.1, 0.15) is 34.1 Å². The molecule has 0 aliphatic heterocycles. The van der Waals surface area contributed by atoms with Gasteiger partial charge in [0, 0.05) is 32.2 Å². The SMILES string of the molecule is CCC(C)(C)N(C)S(=O)(=O)N(C)C[C@@H](O)[C@H](C)NP. The van der Waals surface area contributed by atoms with Gasteiger partial charge in [-0.05, 0) is 27.2 Å². The minimum atomic E-state index is -3.57. The first kappa shape index (κ1) is 19.2. The molecule has 0 aliphatic rings. The summed E-state index contributed by atoms with van der Waals surface area (Å²) in [6.07, 6.45) is -0.0571. The molecule has 3 atom stereocenters. The van der Waals surface area contributed by atoms with Gasteiger partial charge >= 0.3 is 0 Å². The monoisotopic (exact) mass is 313 g/mol. The molecular formula is C11H28N3O3PS. The van der Waals surface area contributed by atoms with Crippen LogP contribution in [-0.2, 0) is 10.2 Å². The number of hydrogen-bond acceptors (Lipinski definition) is 4. The topological polar surface area (TPSA) is 72.9 Å². The molecule has 0 saturated heterocycles. The van der Waals surface area contributed by atoms with Gasteiger partial charge in [-0.1, -0.05) is 16.3 Å². The molecule has 0 aromatic rings. The molecular weight excluding hydrogens is 285 g/mol. The average Bonchev–Trinajstić information content (AvgIpc) is 2.36. The normalized spacial score (nSPS) is 16.9. The molecule has 0 aliphatic carbocycles. The van der Waals surface area contributed by atoms with Crippen LogP contribution in [0, 0.1) is 0 Å². The van der Waals surface area contributed by atoms with Gasteiger partial charge < -0.3 is 5.11 Å². The third kappa shape index (κ3) is 4.92. The van der Waals surface area contributed by atoms with E-state index in [1.807, 2.05) is 20.8 Å². The molecule has 0 aromatic carbocycles. The Bertz CT molecular complexity index is 375. The lowest BCUT2D eigenvalue weighted by molar-refractivity contribution is 0.122. The largest absolute Gasteiger partial charge is 0.390 e. The number of nitrogens with one attached hydrogen (secondary N) is 1. The molecule has 116 valence electrons. The van der Waals surface area contributed by atoms with E-state index in [4.69, 9.17) is 0 Å². The molecule has 2 N–H and O–H groups in total. The number of rotatable bonds is 8. The zero-order valence-electron chi connectivity index (χ0n) is 12.7. The summed E-state index contributed by atoms with van der Waals surface area (Å²) >= 11 is 0. The van der Waals surface area contributed by atoms with Gasteiger partial charge in [-0.2, -0.15) is 17.0 Å². The Hall–Kier alpha value is 0.220. The maximum Gasteiger partial charge on any atom is 0.282 e. The van der Waals surface area contributed by atoms with Crippen LogP contribution in [-0.4, -0.2) is 60.5 Å². The average molecular weight is 313 g/mol. The molecule has 0 rings (SSSR count). The van der Waals surface area contributed by atoms with Crippen molar-refractivity contribution < 1.29 is 13.5 Å². The van der Waals surface area contributed by atoms with E-state index in [1.165, 1.54) is 15.7 Å². The van der Waals surface area contributed by atoms with Gasteiger partial charge in [-0.3, -0.25) is 5.09 Å². The molecule has 6 nitrogen and oxygen atoms in total. The molecule has 0 heterocycles. The quantitative estimate of drug-likeness (QED) is 0.637. The van der Waals surface area contributed by atoms with E-state index < -0.39 is 21.9 Å². The lowest BCUT2D eigenvalue weighted by Crippen LogP contribution is -2.52. The van der Waals surface area contributed by atoms with E-state index in [9.17, 15) is 13.5 Å². The molecule has 8 heteroatoms. The zero-order chi connectivity index (χ0) is 15.4. The molecule has 0 aromatic heterocycles. The number of nitrogens with zero attached hydrogens (tertiary/aromatic N) is 2. The zero-order valence-corrected chi connectivity index (χ0v) is 14.7. The minimum absolute atomic E-state index is 0.0506. The van der Waals surface area contributed by atoms with Gasteiger partial charge in [0.2, 0.25) is 0 Å². The Morgan fingerprint density at radius 1 is 1.37 bits per heavy atom. The highest BCUT2D eigenvalue weighted by Gasteiger charge is 2.35. The highest BCUT2D eigenvalue weighted by Crippen LogP contribution is 2.21. The van der Waals surface area contributed by atoms with Crippen molar-refractivity contribution in [2.24, 2.45) is 0 Å². The van der Waals surface area contributed by atoms with Gasteiger partial charge in [-0.15, -0.1) is 0 Å². The fourth-order valence-corrected chi connectivity index (χ4v) is 3.11. The van der Waals surface area contributed by atoms with Crippen LogP contribution >= 0.6 is 9.39 Å². The molecule has 1 unspecified atom stereocenters. The molecule has 0 spiro atoms. The minimum Gasteiger partial charge on any atom is -0.390 e. The van der Waals surface area contributed by atoms with Crippen LogP contribution < -0.4 is 5.09 Å². The van der Waals surface area contributed by atoms with Gasteiger partial charge in [0.05, 0.1) is 6.10 Å². The number of aliphatic hydroxyl groups is 1. The lowest BCUT2D eigenvalue weighted by atomic mass is 10.0. The van der Waals surface area contributed by atoms with E-state index in [2.05, 4.69) is 14.5 Å². The number of aliphatic hydroxyl groups excluding tert-OH is 1. The van der Waals surface area contributed by atoms with E-state index in [-0.39, 0.29) is 12.6 Å². The fourth-order valence-electron chi connectivity index (χ4n) is 1.37. The number of hydrogen-bond donors (Lipinski definition) is 2. The molecule has 19 heavy (non-hydrogen) atoms.